The molecule has 1 saturated carbocycles. The van der Waals surface area contributed by atoms with Crippen molar-refractivity contribution in [2.45, 2.75) is 70.3 Å². The fraction of sp³-hybridized carbons (Fsp3) is 0.741. The van der Waals surface area contributed by atoms with Crippen LogP contribution in [0.1, 0.15) is 64.2 Å². The molecule has 3 saturated heterocycles. The number of nitrogens with one attached hydrogen (secondary N) is 1. The molecular formula is C27H41N7O. The molecule has 5 heterocycles. The Hall–Kier alpha value is -2.19. The summed E-state index contributed by atoms with van der Waals surface area (Å²) >= 11 is 0. The van der Waals surface area contributed by atoms with E-state index in [9.17, 15) is 4.79 Å². The first-order valence-corrected chi connectivity index (χ1v) is 14.0. The molecule has 8 nitrogen and oxygen atoms in total. The summed E-state index contributed by atoms with van der Waals surface area (Å²) in [6, 6.07) is 4.19. The minimum atomic E-state index is -0.0856. The Morgan fingerprint density at radius 2 is 1.57 bits per heavy atom. The molecule has 0 aromatic carbocycles. The van der Waals surface area contributed by atoms with Crippen LogP contribution in [0, 0.1) is 5.41 Å². The number of anilines is 1. The Morgan fingerprint density at radius 1 is 0.886 bits per heavy atom. The van der Waals surface area contributed by atoms with Gasteiger partial charge in [0.15, 0.2) is 5.65 Å². The summed E-state index contributed by atoms with van der Waals surface area (Å²) in [7, 11) is 0. The lowest BCUT2D eigenvalue weighted by Gasteiger charge is -2.36. The van der Waals surface area contributed by atoms with Gasteiger partial charge in [0, 0.05) is 45.3 Å². The topological polar surface area (TPSA) is 69.5 Å². The third kappa shape index (κ3) is 5.33. The molecule has 4 aliphatic rings. The molecule has 1 N–H and O–H groups in total. The molecule has 4 fully saturated rings. The van der Waals surface area contributed by atoms with Crippen molar-refractivity contribution in [2.24, 2.45) is 5.41 Å². The number of carbonyl (C=O) groups is 1. The zero-order chi connectivity index (χ0) is 23.7. The van der Waals surface area contributed by atoms with Gasteiger partial charge in [-0.25, -0.2) is 19.3 Å². The van der Waals surface area contributed by atoms with E-state index in [4.69, 9.17) is 4.98 Å². The highest BCUT2D eigenvalue weighted by Crippen LogP contribution is 2.53. The van der Waals surface area contributed by atoms with Gasteiger partial charge in [-0.3, -0.25) is 0 Å². The second-order valence-electron chi connectivity index (χ2n) is 11.4. The molecule has 2 aromatic heterocycles. The number of fused-ring (bicyclic) bond motifs is 1. The van der Waals surface area contributed by atoms with Crippen molar-refractivity contribution < 1.29 is 4.79 Å². The van der Waals surface area contributed by atoms with Gasteiger partial charge in [-0.1, -0.05) is 12.8 Å². The van der Waals surface area contributed by atoms with Crippen LogP contribution >= 0.6 is 0 Å². The minimum Gasteiger partial charge on any atom is -0.357 e. The van der Waals surface area contributed by atoms with Gasteiger partial charge in [-0.2, -0.15) is 0 Å². The lowest BCUT2D eigenvalue weighted by atomic mass is 9.94. The predicted molar refractivity (Wildman–Crippen MR) is 139 cm³/mol. The fourth-order valence-electron chi connectivity index (χ4n) is 6.28. The van der Waals surface area contributed by atoms with Gasteiger partial charge in [-0.15, -0.1) is 0 Å². The summed E-state index contributed by atoms with van der Waals surface area (Å²) in [5.41, 5.74) is 2.20. The molecule has 1 aliphatic carbocycles. The SMILES string of the molecule is O=C(NC1CCN(CCN2CCC3(CC2)CC3)CC1)n1cnc2nc(N3CCCCCC3)ccc21. The van der Waals surface area contributed by atoms with Crippen LogP contribution in [0.2, 0.25) is 0 Å². The van der Waals surface area contributed by atoms with Gasteiger partial charge in [0.25, 0.3) is 0 Å². The Morgan fingerprint density at radius 3 is 2.26 bits per heavy atom. The van der Waals surface area contributed by atoms with Crippen LogP contribution in [-0.4, -0.2) is 88.8 Å². The Bertz CT molecular complexity index is 1010. The largest absolute Gasteiger partial charge is 0.357 e. The molecule has 0 atom stereocenters. The van der Waals surface area contributed by atoms with E-state index in [1.54, 1.807) is 10.9 Å². The summed E-state index contributed by atoms with van der Waals surface area (Å²) < 4.78 is 1.63. The van der Waals surface area contributed by atoms with E-state index in [-0.39, 0.29) is 12.1 Å². The van der Waals surface area contributed by atoms with E-state index in [1.807, 2.05) is 12.1 Å². The van der Waals surface area contributed by atoms with Crippen LogP contribution in [-0.2, 0) is 0 Å². The maximum absolute atomic E-state index is 13.0. The number of carbonyl (C=O) groups excluding carboxylic acids is 1. The normalized spacial score (nSPS) is 24.1. The molecular weight excluding hydrogens is 438 g/mol. The number of rotatable bonds is 5. The van der Waals surface area contributed by atoms with Gasteiger partial charge in [-0.05, 0) is 82.0 Å². The Balaban J connectivity index is 0.980. The molecule has 190 valence electrons. The van der Waals surface area contributed by atoms with Crippen molar-refractivity contribution in [1.82, 2.24) is 29.7 Å². The Kier molecular flexibility index (Phi) is 6.67. The lowest BCUT2D eigenvalue weighted by molar-refractivity contribution is 0.132. The van der Waals surface area contributed by atoms with Crippen LogP contribution in [0.5, 0.6) is 0 Å². The highest BCUT2D eigenvalue weighted by Gasteiger charge is 2.44. The first-order chi connectivity index (χ1) is 17.2. The van der Waals surface area contributed by atoms with Crippen LogP contribution in [0.3, 0.4) is 0 Å². The molecule has 6 rings (SSSR count). The highest BCUT2D eigenvalue weighted by molar-refractivity contribution is 5.88. The van der Waals surface area contributed by atoms with Gasteiger partial charge in [0.2, 0.25) is 0 Å². The molecule has 1 amide bonds. The van der Waals surface area contributed by atoms with Crippen molar-refractivity contribution in [2.75, 3.05) is 57.3 Å². The molecule has 1 spiro atoms. The zero-order valence-corrected chi connectivity index (χ0v) is 21.1. The second-order valence-corrected chi connectivity index (χ2v) is 11.4. The van der Waals surface area contributed by atoms with Crippen molar-refractivity contribution in [3.05, 3.63) is 18.5 Å². The van der Waals surface area contributed by atoms with Gasteiger partial charge in [0.1, 0.15) is 12.1 Å². The molecule has 0 radical (unpaired) electrons. The number of amides is 1. The predicted octanol–water partition coefficient (Wildman–Crippen LogP) is 3.71. The third-order valence-corrected chi connectivity index (χ3v) is 9.07. The molecule has 8 heteroatoms. The number of hydrogen-bond acceptors (Lipinski definition) is 6. The zero-order valence-electron chi connectivity index (χ0n) is 21.1. The van der Waals surface area contributed by atoms with E-state index in [2.05, 4.69) is 25.0 Å². The number of imidazole rings is 1. The van der Waals surface area contributed by atoms with Crippen molar-refractivity contribution in [3.8, 4) is 0 Å². The van der Waals surface area contributed by atoms with E-state index in [0.717, 1.165) is 62.3 Å². The second kappa shape index (κ2) is 10.1. The molecule has 0 unspecified atom stereocenters. The number of aromatic nitrogens is 3. The number of pyridine rings is 1. The smallest absolute Gasteiger partial charge is 0.327 e. The van der Waals surface area contributed by atoms with Crippen LogP contribution in [0.25, 0.3) is 11.2 Å². The number of hydrogen-bond donors (Lipinski definition) is 1. The van der Waals surface area contributed by atoms with Crippen LogP contribution < -0.4 is 10.2 Å². The molecule has 3 aliphatic heterocycles. The van der Waals surface area contributed by atoms with Gasteiger partial charge >= 0.3 is 6.03 Å². The standard InChI is InChI=1S/C27H41N7O/c35-26(34-21-28-25-23(34)5-6-24(30-25)33-13-3-1-2-4-14-33)29-22-7-15-31(16-8-22)19-20-32-17-11-27(9-10-27)12-18-32/h5-6,21-22H,1-4,7-20H2,(H,29,35). The van der Waals surface area contributed by atoms with Gasteiger partial charge in [0.05, 0.1) is 5.52 Å². The summed E-state index contributed by atoms with van der Waals surface area (Å²) in [5.74, 6) is 0.981. The van der Waals surface area contributed by atoms with E-state index >= 15 is 0 Å². The summed E-state index contributed by atoms with van der Waals surface area (Å²) in [6.45, 7) is 9.17. The van der Waals surface area contributed by atoms with Crippen LogP contribution in [0.15, 0.2) is 18.5 Å². The van der Waals surface area contributed by atoms with Crippen molar-refractivity contribution in [1.29, 1.82) is 0 Å². The first-order valence-electron chi connectivity index (χ1n) is 14.0. The minimum absolute atomic E-state index is 0.0856. The fourth-order valence-corrected chi connectivity index (χ4v) is 6.28. The van der Waals surface area contributed by atoms with E-state index < -0.39 is 0 Å². The number of likely N-dealkylation sites (tertiary alicyclic amines) is 2. The van der Waals surface area contributed by atoms with Crippen molar-refractivity contribution in [3.63, 3.8) is 0 Å². The summed E-state index contributed by atoms with van der Waals surface area (Å²) in [4.78, 5) is 29.9. The number of piperidine rings is 2. The average molecular weight is 480 g/mol. The summed E-state index contributed by atoms with van der Waals surface area (Å²) in [6.07, 6.45) is 14.5. The average Bonchev–Trinajstić information content (AvgIpc) is 3.59. The van der Waals surface area contributed by atoms with Crippen molar-refractivity contribution >= 4 is 23.0 Å². The maximum atomic E-state index is 13.0. The molecule has 2 aromatic rings. The van der Waals surface area contributed by atoms with Crippen LogP contribution in [0.4, 0.5) is 10.6 Å². The summed E-state index contributed by atoms with van der Waals surface area (Å²) in [5, 5.41) is 3.25. The molecule has 0 bridgehead atoms. The van der Waals surface area contributed by atoms with Gasteiger partial charge < -0.3 is 20.0 Å². The molecule has 35 heavy (non-hydrogen) atoms. The highest BCUT2D eigenvalue weighted by atomic mass is 16.2. The third-order valence-electron chi connectivity index (χ3n) is 9.07. The first kappa shape index (κ1) is 23.2. The monoisotopic (exact) mass is 479 g/mol. The quantitative estimate of drug-likeness (QED) is 0.705. The van der Waals surface area contributed by atoms with E-state index in [1.165, 1.54) is 71.0 Å². The number of nitrogens with zero attached hydrogens (tertiary/aromatic N) is 6. The Labute approximate surface area is 209 Å². The lowest BCUT2D eigenvalue weighted by Crippen LogP contribution is -2.47. The van der Waals surface area contributed by atoms with E-state index in [0.29, 0.717) is 5.65 Å². The maximum Gasteiger partial charge on any atom is 0.327 e.